The van der Waals surface area contributed by atoms with Gasteiger partial charge in [-0.1, -0.05) is 12.1 Å². The third-order valence-electron chi connectivity index (χ3n) is 2.70. The average Bonchev–Trinajstić information content (AvgIpc) is 2.43. The lowest BCUT2D eigenvalue weighted by atomic mass is 10.1. The highest BCUT2D eigenvalue weighted by Gasteiger charge is 2.16. The molecule has 0 unspecified atom stereocenters. The van der Waals surface area contributed by atoms with Crippen molar-refractivity contribution >= 4 is 11.4 Å². The van der Waals surface area contributed by atoms with Crippen LogP contribution in [0.1, 0.15) is 5.56 Å². The number of para-hydroxylation sites is 1. The van der Waals surface area contributed by atoms with Gasteiger partial charge in [0.25, 0.3) is 5.69 Å². The zero-order valence-electron chi connectivity index (χ0n) is 10.7. The van der Waals surface area contributed by atoms with Crippen molar-refractivity contribution in [2.24, 2.45) is 5.84 Å². The van der Waals surface area contributed by atoms with Gasteiger partial charge in [0.05, 0.1) is 4.92 Å². The molecule has 0 atom stereocenters. The number of hydrazine groups is 1. The number of hydrogen-bond donors (Lipinski definition) is 2. The van der Waals surface area contributed by atoms with Crippen LogP contribution in [0.2, 0.25) is 0 Å². The van der Waals surface area contributed by atoms with Crippen molar-refractivity contribution in [1.82, 2.24) is 0 Å². The van der Waals surface area contributed by atoms with E-state index in [0.29, 0.717) is 11.6 Å². The van der Waals surface area contributed by atoms with Crippen LogP contribution in [-0.2, 0) is 6.61 Å². The highest BCUT2D eigenvalue weighted by atomic mass is 19.1. The summed E-state index contributed by atoms with van der Waals surface area (Å²) in [5, 5.41) is 10.9. The van der Waals surface area contributed by atoms with Crippen molar-refractivity contribution in [3.8, 4) is 5.75 Å². The minimum Gasteiger partial charge on any atom is -0.489 e. The molecule has 0 bridgehead atoms. The highest BCUT2D eigenvalue weighted by Crippen LogP contribution is 2.28. The monoisotopic (exact) mass is 295 g/mol. The van der Waals surface area contributed by atoms with E-state index in [2.05, 4.69) is 5.43 Å². The Balaban J connectivity index is 2.23. The summed E-state index contributed by atoms with van der Waals surface area (Å²) < 4.78 is 31.3. The summed E-state index contributed by atoms with van der Waals surface area (Å²) >= 11 is 0. The first kappa shape index (κ1) is 14.7. The Bertz CT molecular complexity index is 659. The number of nitrogens with two attached hydrogens (primary N) is 1. The maximum absolute atomic E-state index is 13.0. The normalized spacial score (nSPS) is 10.2. The van der Waals surface area contributed by atoms with Gasteiger partial charge in [0.1, 0.15) is 29.7 Å². The number of halogens is 2. The molecule has 2 rings (SSSR count). The molecule has 0 aromatic heterocycles. The number of nitrogens with zero attached hydrogens (tertiary/aromatic N) is 1. The van der Waals surface area contributed by atoms with E-state index >= 15 is 0 Å². The summed E-state index contributed by atoms with van der Waals surface area (Å²) in [7, 11) is 0. The molecule has 0 amide bonds. The number of rotatable bonds is 5. The molecule has 3 N–H and O–H groups in total. The Kier molecular flexibility index (Phi) is 4.29. The fourth-order valence-electron chi connectivity index (χ4n) is 1.80. The van der Waals surface area contributed by atoms with Crippen LogP contribution in [0.5, 0.6) is 5.75 Å². The number of anilines is 1. The summed E-state index contributed by atoms with van der Waals surface area (Å²) in [4.78, 5) is 10.3. The van der Waals surface area contributed by atoms with Crippen molar-refractivity contribution in [2.45, 2.75) is 6.61 Å². The number of nitro benzene ring substituents is 1. The van der Waals surface area contributed by atoms with Gasteiger partial charge in [-0.2, -0.15) is 0 Å². The predicted octanol–water partition coefficient (Wildman–Crippen LogP) is 2.74. The number of nitro groups is 1. The number of ether oxygens (including phenoxy) is 1. The number of nitrogen functional groups attached to an aromatic ring is 1. The van der Waals surface area contributed by atoms with E-state index < -0.39 is 16.6 Å². The Morgan fingerprint density at radius 3 is 2.48 bits per heavy atom. The molecule has 0 saturated heterocycles. The summed E-state index contributed by atoms with van der Waals surface area (Å²) in [5.74, 6) is 3.70. The van der Waals surface area contributed by atoms with Crippen LogP contribution in [-0.4, -0.2) is 4.92 Å². The molecule has 0 aliphatic rings. The maximum atomic E-state index is 13.0. The van der Waals surface area contributed by atoms with Gasteiger partial charge in [0.2, 0.25) is 0 Å². The van der Waals surface area contributed by atoms with Gasteiger partial charge >= 0.3 is 0 Å². The fraction of sp³-hybridized carbons (Fsp3) is 0.0769. The van der Waals surface area contributed by atoms with Crippen LogP contribution >= 0.6 is 0 Å². The minimum absolute atomic E-state index is 0.0259. The summed E-state index contributed by atoms with van der Waals surface area (Å²) in [6, 6.07) is 7.03. The van der Waals surface area contributed by atoms with Crippen LogP contribution in [0.15, 0.2) is 36.4 Å². The van der Waals surface area contributed by atoms with Crippen LogP contribution in [0.25, 0.3) is 0 Å². The van der Waals surface area contributed by atoms with E-state index in [-0.39, 0.29) is 23.7 Å². The zero-order chi connectivity index (χ0) is 15.4. The number of nitrogens with one attached hydrogen (secondary N) is 1. The molecular weight excluding hydrogens is 284 g/mol. The molecule has 110 valence electrons. The Labute approximate surface area is 118 Å². The van der Waals surface area contributed by atoms with Crippen LogP contribution in [0.3, 0.4) is 0 Å². The van der Waals surface area contributed by atoms with Crippen LogP contribution < -0.4 is 16.0 Å². The van der Waals surface area contributed by atoms with E-state index in [1.165, 1.54) is 12.1 Å². The minimum atomic E-state index is -0.777. The van der Waals surface area contributed by atoms with Gasteiger partial charge in [-0.25, -0.2) is 8.78 Å². The molecule has 0 radical (unpaired) electrons. The van der Waals surface area contributed by atoms with E-state index in [4.69, 9.17) is 10.6 Å². The molecule has 2 aromatic carbocycles. The van der Waals surface area contributed by atoms with Crippen molar-refractivity contribution in [3.05, 3.63) is 63.7 Å². The Morgan fingerprint density at radius 2 is 1.90 bits per heavy atom. The van der Waals surface area contributed by atoms with Crippen molar-refractivity contribution in [3.63, 3.8) is 0 Å². The smallest absolute Gasteiger partial charge is 0.294 e. The molecule has 2 aromatic rings. The summed E-state index contributed by atoms with van der Waals surface area (Å²) in [6.45, 7) is -0.135. The standard InChI is InChI=1S/C13H11F2N3O3/c14-9-4-10(15)6-11(5-9)21-7-8-2-1-3-12(18(19)20)13(8)17-16/h1-6,17H,7,16H2. The molecule has 21 heavy (non-hydrogen) atoms. The highest BCUT2D eigenvalue weighted by molar-refractivity contribution is 5.65. The lowest BCUT2D eigenvalue weighted by molar-refractivity contribution is -0.384. The largest absolute Gasteiger partial charge is 0.489 e. The van der Waals surface area contributed by atoms with Gasteiger partial charge in [-0.05, 0) is 0 Å². The predicted molar refractivity (Wildman–Crippen MR) is 71.6 cm³/mol. The second kappa shape index (κ2) is 6.14. The topological polar surface area (TPSA) is 90.4 Å². The first-order valence-electron chi connectivity index (χ1n) is 5.83. The third kappa shape index (κ3) is 3.42. The maximum Gasteiger partial charge on any atom is 0.294 e. The second-order valence-electron chi connectivity index (χ2n) is 4.11. The SMILES string of the molecule is NNc1c(COc2cc(F)cc(F)c2)cccc1[N+](=O)[O-]. The summed E-state index contributed by atoms with van der Waals surface area (Å²) in [5.41, 5.74) is 2.48. The van der Waals surface area contributed by atoms with Gasteiger partial charge in [-0.3, -0.25) is 16.0 Å². The van der Waals surface area contributed by atoms with Gasteiger partial charge in [0, 0.05) is 29.8 Å². The van der Waals surface area contributed by atoms with E-state index in [1.54, 1.807) is 6.07 Å². The lowest BCUT2D eigenvalue weighted by Gasteiger charge is -2.11. The fourth-order valence-corrected chi connectivity index (χ4v) is 1.80. The first-order chi connectivity index (χ1) is 10.0. The molecule has 0 heterocycles. The molecule has 0 fully saturated rings. The van der Waals surface area contributed by atoms with Crippen LogP contribution in [0.4, 0.5) is 20.2 Å². The molecule has 0 saturated carbocycles. The van der Waals surface area contributed by atoms with Crippen molar-refractivity contribution in [2.75, 3.05) is 5.43 Å². The van der Waals surface area contributed by atoms with E-state index in [1.807, 2.05) is 0 Å². The summed E-state index contributed by atoms with van der Waals surface area (Å²) in [6.07, 6.45) is 0. The molecule has 6 nitrogen and oxygen atoms in total. The van der Waals surface area contributed by atoms with E-state index in [9.17, 15) is 18.9 Å². The molecule has 0 aliphatic heterocycles. The van der Waals surface area contributed by atoms with Gasteiger partial charge < -0.3 is 10.2 Å². The lowest BCUT2D eigenvalue weighted by Crippen LogP contribution is -2.12. The number of benzene rings is 2. The Morgan fingerprint density at radius 1 is 1.24 bits per heavy atom. The number of hydrogen-bond acceptors (Lipinski definition) is 5. The molecular formula is C13H11F2N3O3. The second-order valence-corrected chi connectivity index (χ2v) is 4.11. The average molecular weight is 295 g/mol. The third-order valence-corrected chi connectivity index (χ3v) is 2.70. The molecule has 8 heteroatoms. The quantitative estimate of drug-likeness (QED) is 0.503. The molecule has 0 aliphatic carbocycles. The van der Waals surface area contributed by atoms with Crippen molar-refractivity contribution in [1.29, 1.82) is 0 Å². The van der Waals surface area contributed by atoms with Gasteiger partial charge in [0.15, 0.2) is 0 Å². The van der Waals surface area contributed by atoms with Gasteiger partial charge in [-0.15, -0.1) is 0 Å². The zero-order valence-corrected chi connectivity index (χ0v) is 10.7. The van der Waals surface area contributed by atoms with E-state index in [0.717, 1.165) is 12.1 Å². The molecule has 0 spiro atoms. The first-order valence-corrected chi connectivity index (χ1v) is 5.83. The van der Waals surface area contributed by atoms with Crippen LogP contribution in [0, 0.1) is 21.7 Å². The van der Waals surface area contributed by atoms with Crippen molar-refractivity contribution < 1.29 is 18.4 Å². The Hall–Kier alpha value is -2.74.